The second-order valence-corrected chi connectivity index (χ2v) is 13.1. The summed E-state index contributed by atoms with van der Waals surface area (Å²) in [5.41, 5.74) is 6.59. The van der Waals surface area contributed by atoms with E-state index < -0.39 is 41.5 Å². The number of hydrogen-bond donors (Lipinski definition) is 1. The number of halogens is 1. The van der Waals surface area contributed by atoms with Gasteiger partial charge in [0.2, 0.25) is 0 Å². The summed E-state index contributed by atoms with van der Waals surface area (Å²) in [5, 5.41) is 10.5. The molecule has 0 aliphatic carbocycles. The van der Waals surface area contributed by atoms with E-state index in [1.165, 1.54) is 0 Å². The van der Waals surface area contributed by atoms with Gasteiger partial charge in [-0.3, -0.25) is 0 Å². The molecule has 0 fully saturated rings. The molecule has 0 aliphatic rings. The fourth-order valence-electron chi connectivity index (χ4n) is 5.61. The van der Waals surface area contributed by atoms with Crippen molar-refractivity contribution in [3.63, 3.8) is 0 Å². The third-order valence-electron chi connectivity index (χ3n) is 8.46. The van der Waals surface area contributed by atoms with Gasteiger partial charge in [-0.25, -0.2) is 14.4 Å². The van der Waals surface area contributed by atoms with Crippen molar-refractivity contribution >= 4 is 33.8 Å². The minimum Gasteiger partial charge on any atom is -0.461 e. The van der Waals surface area contributed by atoms with Gasteiger partial charge in [-0.05, 0) is 69.8 Å². The van der Waals surface area contributed by atoms with Crippen LogP contribution in [0, 0.1) is 0 Å². The lowest BCUT2D eigenvalue weighted by molar-refractivity contribution is -0.0569. The Hall–Kier alpha value is -5.83. The van der Waals surface area contributed by atoms with Gasteiger partial charge in [0.05, 0.1) is 28.1 Å². The molecule has 0 aromatic heterocycles. The van der Waals surface area contributed by atoms with E-state index in [2.05, 4.69) is 15.9 Å². The first kappa shape index (κ1) is 36.0. The Bertz CT molecular complexity index is 2070. The van der Waals surface area contributed by atoms with Crippen molar-refractivity contribution in [2.24, 2.45) is 0 Å². The molecule has 7 nitrogen and oxygen atoms in total. The number of ether oxygens (including phenoxy) is 3. The monoisotopic (exact) mass is 754 g/mol. The van der Waals surface area contributed by atoms with Crippen LogP contribution in [0.4, 0.5) is 0 Å². The van der Waals surface area contributed by atoms with Crippen LogP contribution in [0.1, 0.15) is 31.1 Å². The van der Waals surface area contributed by atoms with E-state index in [9.17, 15) is 19.5 Å². The fourth-order valence-corrected chi connectivity index (χ4v) is 6.19. The van der Waals surface area contributed by atoms with Crippen molar-refractivity contribution in [2.45, 2.75) is 17.0 Å². The molecule has 8 heteroatoms. The van der Waals surface area contributed by atoms with E-state index in [-0.39, 0.29) is 17.7 Å². The van der Waals surface area contributed by atoms with Gasteiger partial charge in [0.15, 0.2) is 12.2 Å². The topological polar surface area (TPSA) is 99.1 Å². The largest absolute Gasteiger partial charge is 0.461 e. The van der Waals surface area contributed by atoms with Crippen molar-refractivity contribution in [3.8, 4) is 33.4 Å². The number of aliphatic hydroxyl groups is 1. The molecule has 0 aliphatic heterocycles. The molecule has 0 radical (unpaired) electrons. The average Bonchev–Trinajstić information content (AvgIpc) is 3.22. The summed E-state index contributed by atoms with van der Waals surface area (Å²) in [7, 11) is 0. The van der Waals surface area contributed by atoms with Crippen LogP contribution in [0.25, 0.3) is 33.4 Å². The highest BCUT2D eigenvalue weighted by molar-refractivity contribution is 9.09. The van der Waals surface area contributed by atoms with Gasteiger partial charge in [-0.1, -0.05) is 143 Å². The van der Waals surface area contributed by atoms with E-state index in [4.69, 9.17) is 14.2 Å². The van der Waals surface area contributed by atoms with Crippen LogP contribution >= 0.6 is 15.9 Å². The summed E-state index contributed by atoms with van der Waals surface area (Å²) in [6.07, 6.45) is -2.55. The van der Waals surface area contributed by atoms with Gasteiger partial charge < -0.3 is 19.3 Å². The number of alkyl halides is 1. The van der Waals surface area contributed by atoms with Crippen molar-refractivity contribution in [1.82, 2.24) is 0 Å². The van der Waals surface area contributed by atoms with E-state index in [1.54, 1.807) is 60.7 Å². The molecule has 260 valence electrons. The maximum atomic E-state index is 13.5. The van der Waals surface area contributed by atoms with E-state index in [0.717, 1.165) is 33.4 Å². The molecule has 6 aromatic rings. The number of carbonyl (C=O) groups is 3. The zero-order valence-corrected chi connectivity index (χ0v) is 29.6. The van der Waals surface area contributed by atoms with E-state index in [1.807, 2.05) is 103 Å². The molecule has 0 saturated heterocycles. The maximum absolute atomic E-state index is 13.5. The number of benzene rings is 6. The maximum Gasteiger partial charge on any atom is 0.338 e. The number of rotatable bonds is 13. The Morgan fingerprint density at radius 2 is 0.788 bits per heavy atom. The van der Waals surface area contributed by atoms with Gasteiger partial charge in [-0.2, -0.15) is 0 Å². The molecule has 3 atom stereocenters. The molecule has 0 amide bonds. The second-order valence-electron chi connectivity index (χ2n) is 11.9. The zero-order chi connectivity index (χ0) is 36.3. The molecule has 1 N–H and O–H groups in total. The SMILES string of the molecule is O=C(OC[C@@H](Br)[C@H](OC(=O)c1ccc(-c2ccccc2)cc1)[C@H](CO)OC(=O)c1ccc(-c2ccccc2)cc1)c1ccc(-c2ccccc2)cc1. The zero-order valence-electron chi connectivity index (χ0n) is 28.0. The van der Waals surface area contributed by atoms with Crippen molar-refractivity contribution in [1.29, 1.82) is 0 Å². The summed E-state index contributed by atoms with van der Waals surface area (Å²) in [5.74, 6) is -2.03. The number of aliphatic hydroxyl groups excluding tert-OH is 1. The molecule has 0 unspecified atom stereocenters. The Morgan fingerprint density at radius 1 is 0.462 bits per heavy atom. The molecule has 6 rings (SSSR count). The highest BCUT2D eigenvalue weighted by Crippen LogP contribution is 2.25. The third-order valence-corrected chi connectivity index (χ3v) is 9.25. The minimum absolute atomic E-state index is 0.246. The summed E-state index contributed by atoms with van der Waals surface area (Å²) >= 11 is 3.50. The second kappa shape index (κ2) is 17.4. The Labute approximate surface area is 310 Å². The Balaban J connectivity index is 1.17. The van der Waals surface area contributed by atoms with Crippen LogP contribution in [0.2, 0.25) is 0 Å². The van der Waals surface area contributed by atoms with Gasteiger partial charge in [-0.15, -0.1) is 0 Å². The Morgan fingerprint density at radius 3 is 1.15 bits per heavy atom. The normalized spacial score (nSPS) is 12.6. The third kappa shape index (κ3) is 9.09. The number of hydrogen-bond acceptors (Lipinski definition) is 7. The van der Waals surface area contributed by atoms with Crippen LogP contribution in [-0.2, 0) is 14.2 Å². The van der Waals surface area contributed by atoms with Crippen molar-refractivity contribution in [3.05, 3.63) is 180 Å². The molecule has 0 bridgehead atoms. The lowest BCUT2D eigenvalue weighted by atomic mass is 10.0. The predicted octanol–water partition coefficient (Wildman–Crippen LogP) is 9.05. The molecule has 52 heavy (non-hydrogen) atoms. The molecular formula is C44H35BrO7. The summed E-state index contributed by atoms with van der Waals surface area (Å²) in [6.45, 7) is -0.931. The summed E-state index contributed by atoms with van der Waals surface area (Å²) < 4.78 is 17.2. The molecule has 0 spiro atoms. The highest BCUT2D eigenvalue weighted by atomic mass is 79.9. The number of esters is 3. The van der Waals surface area contributed by atoms with Crippen LogP contribution in [0.5, 0.6) is 0 Å². The first-order valence-electron chi connectivity index (χ1n) is 16.7. The van der Waals surface area contributed by atoms with Gasteiger partial charge in [0.25, 0.3) is 0 Å². The summed E-state index contributed by atoms with van der Waals surface area (Å²) in [4.78, 5) is 39.0. The van der Waals surface area contributed by atoms with Gasteiger partial charge in [0, 0.05) is 0 Å². The highest BCUT2D eigenvalue weighted by Gasteiger charge is 2.36. The Kier molecular flexibility index (Phi) is 12.0. The smallest absolute Gasteiger partial charge is 0.338 e. The lowest BCUT2D eigenvalue weighted by Crippen LogP contribution is -2.45. The summed E-state index contributed by atoms with van der Waals surface area (Å²) in [6, 6.07) is 50.0. The van der Waals surface area contributed by atoms with Crippen molar-refractivity contribution < 1.29 is 33.7 Å². The quantitative estimate of drug-likeness (QED) is 0.0714. The van der Waals surface area contributed by atoms with E-state index in [0.29, 0.717) is 5.56 Å². The minimum atomic E-state index is -1.30. The molecule has 6 aromatic carbocycles. The lowest BCUT2D eigenvalue weighted by Gasteiger charge is -2.29. The first-order valence-corrected chi connectivity index (χ1v) is 17.6. The number of carbonyl (C=O) groups excluding carboxylic acids is 3. The fraction of sp³-hybridized carbons (Fsp3) is 0.114. The van der Waals surface area contributed by atoms with Crippen LogP contribution in [-0.4, -0.2) is 53.3 Å². The molecule has 0 saturated carbocycles. The van der Waals surface area contributed by atoms with Crippen molar-refractivity contribution in [2.75, 3.05) is 13.2 Å². The molecule has 0 heterocycles. The predicted molar refractivity (Wildman–Crippen MR) is 204 cm³/mol. The van der Waals surface area contributed by atoms with Gasteiger partial charge in [0.1, 0.15) is 6.61 Å². The van der Waals surface area contributed by atoms with Crippen LogP contribution in [0.15, 0.2) is 164 Å². The first-order chi connectivity index (χ1) is 25.4. The van der Waals surface area contributed by atoms with E-state index >= 15 is 0 Å². The van der Waals surface area contributed by atoms with Crippen LogP contribution in [0.3, 0.4) is 0 Å². The van der Waals surface area contributed by atoms with Crippen LogP contribution < -0.4 is 0 Å². The standard InChI is InChI=1S/C44H35BrO7/c45-39(29-50-42(47)36-22-16-33(17-23-36)30-10-4-1-5-11-30)41(52-44(49)38-26-20-35(21-27-38)32-14-8-3-9-15-32)40(28-46)51-43(48)37-24-18-34(19-25-37)31-12-6-2-7-13-31/h1-27,39-41,46H,28-29H2/t39-,40+,41+/m1/s1. The molecular weight excluding hydrogens is 720 g/mol. The average molecular weight is 756 g/mol. The van der Waals surface area contributed by atoms with Gasteiger partial charge >= 0.3 is 17.9 Å².